The van der Waals surface area contributed by atoms with E-state index < -0.39 is 0 Å². The van der Waals surface area contributed by atoms with Gasteiger partial charge in [-0.3, -0.25) is 5.43 Å². The second kappa shape index (κ2) is 6.98. The van der Waals surface area contributed by atoms with Crippen LogP contribution < -0.4 is 10.7 Å². The number of rotatable bonds is 3. The second-order valence-electron chi connectivity index (χ2n) is 7.53. The molecular formula is C20H26N6O. The zero-order valence-corrected chi connectivity index (χ0v) is 15.7. The zero-order valence-electron chi connectivity index (χ0n) is 15.7. The molecule has 5 rings (SSSR count). The van der Waals surface area contributed by atoms with Gasteiger partial charge >= 0.3 is 0 Å². The molecule has 0 amide bonds. The van der Waals surface area contributed by atoms with Gasteiger partial charge in [-0.1, -0.05) is 24.3 Å². The number of morpholine rings is 1. The van der Waals surface area contributed by atoms with Gasteiger partial charge in [-0.2, -0.15) is 4.99 Å². The lowest BCUT2D eigenvalue weighted by Crippen LogP contribution is -2.50. The Morgan fingerprint density at radius 1 is 1.22 bits per heavy atom. The number of benzene rings is 1. The van der Waals surface area contributed by atoms with Gasteiger partial charge in [0.2, 0.25) is 11.9 Å². The van der Waals surface area contributed by atoms with E-state index in [-0.39, 0.29) is 0 Å². The molecule has 0 radical (unpaired) electrons. The summed E-state index contributed by atoms with van der Waals surface area (Å²) in [4.78, 5) is 11.9. The summed E-state index contributed by atoms with van der Waals surface area (Å²) < 4.78 is 5.44. The maximum Gasteiger partial charge on any atom is 0.248 e. The van der Waals surface area contributed by atoms with Crippen LogP contribution in [0.5, 0.6) is 0 Å². The third-order valence-electron chi connectivity index (χ3n) is 5.79. The van der Waals surface area contributed by atoms with Crippen molar-refractivity contribution in [2.24, 2.45) is 9.98 Å². The highest BCUT2D eigenvalue weighted by molar-refractivity contribution is 6.01. The third kappa shape index (κ3) is 3.21. The fourth-order valence-electron chi connectivity index (χ4n) is 4.15. The molecule has 3 heterocycles. The highest BCUT2D eigenvalue weighted by Crippen LogP contribution is 2.32. The first-order valence-corrected chi connectivity index (χ1v) is 9.82. The fourth-order valence-corrected chi connectivity index (χ4v) is 4.15. The summed E-state index contributed by atoms with van der Waals surface area (Å²) in [5, 5.41) is 5.79. The number of guanidine groups is 2. The van der Waals surface area contributed by atoms with E-state index in [4.69, 9.17) is 14.7 Å². The number of aliphatic imine (C=N–C) groups is 2. The van der Waals surface area contributed by atoms with Gasteiger partial charge in [0.1, 0.15) is 0 Å². The number of hydrogen-bond acceptors (Lipinski definition) is 7. The fraction of sp³-hybridized carbons (Fsp3) is 0.500. The molecule has 0 saturated carbocycles. The smallest absolute Gasteiger partial charge is 0.248 e. The van der Waals surface area contributed by atoms with Gasteiger partial charge in [0, 0.05) is 19.6 Å². The maximum absolute atomic E-state index is 5.44. The molecule has 0 spiro atoms. The van der Waals surface area contributed by atoms with Crippen LogP contribution in [-0.2, 0) is 11.3 Å². The minimum absolute atomic E-state index is 0.317. The predicted molar refractivity (Wildman–Crippen MR) is 105 cm³/mol. The van der Waals surface area contributed by atoms with Gasteiger partial charge in [0.05, 0.1) is 31.5 Å². The first-order valence-electron chi connectivity index (χ1n) is 9.82. The van der Waals surface area contributed by atoms with Crippen molar-refractivity contribution in [2.75, 3.05) is 32.8 Å². The largest absolute Gasteiger partial charge is 0.378 e. The van der Waals surface area contributed by atoms with Crippen LogP contribution in [0.15, 0.2) is 45.5 Å². The summed E-state index contributed by atoms with van der Waals surface area (Å²) in [6, 6.07) is 8.88. The Hall–Kier alpha value is -2.38. The molecule has 0 bridgehead atoms. The van der Waals surface area contributed by atoms with Crippen molar-refractivity contribution in [3.05, 3.63) is 46.7 Å². The highest BCUT2D eigenvalue weighted by atomic mass is 16.5. The summed E-state index contributed by atoms with van der Waals surface area (Å²) in [7, 11) is 0. The maximum atomic E-state index is 5.44. The van der Waals surface area contributed by atoms with Crippen molar-refractivity contribution in [1.82, 2.24) is 20.7 Å². The van der Waals surface area contributed by atoms with Crippen LogP contribution in [0.25, 0.3) is 0 Å². The molecule has 2 N–H and O–H groups in total. The summed E-state index contributed by atoms with van der Waals surface area (Å²) >= 11 is 0. The first-order chi connectivity index (χ1) is 13.3. The van der Waals surface area contributed by atoms with Gasteiger partial charge in [-0.15, -0.1) is 0 Å². The van der Waals surface area contributed by atoms with Crippen LogP contribution in [0.1, 0.15) is 24.0 Å². The van der Waals surface area contributed by atoms with Crippen LogP contribution in [0, 0.1) is 6.92 Å². The average Bonchev–Trinajstić information content (AvgIpc) is 3.29. The van der Waals surface area contributed by atoms with Crippen molar-refractivity contribution in [1.29, 1.82) is 0 Å². The Morgan fingerprint density at radius 3 is 2.93 bits per heavy atom. The number of ether oxygens (including phenoxy) is 1. The van der Waals surface area contributed by atoms with Gasteiger partial charge in [-0.25, -0.2) is 10.0 Å². The van der Waals surface area contributed by atoms with Crippen LogP contribution >= 0.6 is 0 Å². The Labute approximate surface area is 159 Å². The summed E-state index contributed by atoms with van der Waals surface area (Å²) in [6.45, 7) is 7.18. The number of hydrazine groups is 1. The monoisotopic (exact) mass is 366 g/mol. The highest BCUT2D eigenvalue weighted by Gasteiger charge is 2.35. The normalized spacial score (nSPS) is 24.4. The molecule has 7 heteroatoms. The topological polar surface area (TPSA) is 64.5 Å². The van der Waals surface area contributed by atoms with Gasteiger partial charge in [0.15, 0.2) is 0 Å². The number of fused-ring (bicyclic) bond motifs is 1. The molecule has 1 saturated heterocycles. The van der Waals surface area contributed by atoms with E-state index in [0.29, 0.717) is 6.04 Å². The third-order valence-corrected chi connectivity index (χ3v) is 5.79. The summed E-state index contributed by atoms with van der Waals surface area (Å²) in [5.74, 6) is 1.70. The summed E-state index contributed by atoms with van der Waals surface area (Å²) in [6.07, 6.45) is 2.21. The average molecular weight is 366 g/mol. The van der Waals surface area contributed by atoms with Gasteiger partial charge in [0.25, 0.3) is 0 Å². The molecule has 1 unspecified atom stereocenters. The molecule has 1 aromatic carbocycles. The SMILES string of the molecule is Cc1ccccc1CNC1CCC2=C1N=C1N=C(N3CCOCC3)NN1C2. The van der Waals surface area contributed by atoms with Crippen molar-refractivity contribution in [3.63, 3.8) is 0 Å². The van der Waals surface area contributed by atoms with E-state index in [1.165, 1.54) is 22.4 Å². The number of aryl methyl sites for hydroxylation is 1. The molecule has 3 aliphatic heterocycles. The van der Waals surface area contributed by atoms with Gasteiger partial charge in [-0.05, 0) is 36.5 Å². The quantitative estimate of drug-likeness (QED) is 0.846. The minimum atomic E-state index is 0.317. The van der Waals surface area contributed by atoms with Crippen molar-refractivity contribution >= 4 is 11.9 Å². The molecule has 4 aliphatic rings. The van der Waals surface area contributed by atoms with E-state index in [2.05, 4.69) is 51.8 Å². The van der Waals surface area contributed by atoms with E-state index >= 15 is 0 Å². The molecule has 7 nitrogen and oxygen atoms in total. The Bertz CT molecular complexity index is 824. The molecule has 1 aromatic rings. The molecule has 1 aliphatic carbocycles. The predicted octanol–water partition coefficient (Wildman–Crippen LogP) is 1.38. The first kappa shape index (κ1) is 16.8. The minimum Gasteiger partial charge on any atom is -0.378 e. The molecule has 27 heavy (non-hydrogen) atoms. The number of nitrogens with zero attached hydrogens (tertiary/aromatic N) is 4. The van der Waals surface area contributed by atoms with Crippen LogP contribution in [0.4, 0.5) is 0 Å². The molecule has 0 aromatic heterocycles. The Kier molecular flexibility index (Phi) is 4.33. The standard InChI is InChI=1S/C20H26N6O/c1-14-4-2-3-5-15(14)12-21-17-7-6-16-13-26-19(22-18(16)17)23-20(24-26)25-8-10-27-11-9-25/h2-5,17,21H,6-13H2,1H3,(H,22,23,24). The van der Waals surface area contributed by atoms with E-state index in [1.54, 1.807) is 0 Å². The lowest BCUT2D eigenvalue weighted by atomic mass is 10.1. The van der Waals surface area contributed by atoms with Crippen LogP contribution in [-0.4, -0.2) is 60.7 Å². The zero-order chi connectivity index (χ0) is 18.2. The lowest BCUT2D eigenvalue weighted by molar-refractivity contribution is 0.0657. The number of nitrogens with one attached hydrogen (secondary N) is 2. The molecular weight excluding hydrogens is 340 g/mol. The molecule has 142 valence electrons. The van der Waals surface area contributed by atoms with E-state index in [0.717, 1.165) is 64.2 Å². The van der Waals surface area contributed by atoms with Crippen LogP contribution in [0.2, 0.25) is 0 Å². The summed E-state index contributed by atoms with van der Waals surface area (Å²) in [5.41, 5.74) is 8.73. The van der Waals surface area contributed by atoms with Gasteiger partial charge < -0.3 is 15.0 Å². The van der Waals surface area contributed by atoms with E-state index in [9.17, 15) is 0 Å². The lowest BCUT2D eigenvalue weighted by Gasteiger charge is -2.30. The van der Waals surface area contributed by atoms with Crippen molar-refractivity contribution < 1.29 is 4.74 Å². The van der Waals surface area contributed by atoms with Crippen molar-refractivity contribution in [3.8, 4) is 0 Å². The Morgan fingerprint density at radius 2 is 2.07 bits per heavy atom. The Balaban J connectivity index is 1.29. The molecule has 1 atom stereocenters. The van der Waals surface area contributed by atoms with Crippen molar-refractivity contribution in [2.45, 2.75) is 32.4 Å². The van der Waals surface area contributed by atoms with E-state index in [1.807, 2.05) is 0 Å². The van der Waals surface area contributed by atoms with Crippen LogP contribution in [0.3, 0.4) is 0 Å². The molecule has 1 fully saturated rings. The second-order valence-corrected chi connectivity index (χ2v) is 7.53. The number of hydrogen-bond donors (Lipinski definition) is 2.